The molecule has 2 N–H and O–H groups in total. The van der Waals surface area contributed by atoms with Crippen molar-refractivity contribution >= 4 is 11.9 Å². The molecule has 2 unspecified atom stereocenters. The smallest absolute Gasteiger partial charge is 0.317 e. The van der Waals surface area contributed by atoms with Crippen LogP contribution >= 0.6 is 0 Å². The number of carbonyl (C=O) groups excluding carboxylic acids is 2. The molecule has 5 nitrogen and oxygen atoms in total. The van der Waals surface area contributed by atoms with Gasteiger partial charge in [-0.3, -0.25) is 4.79 Å². The summed E-state index contributed by atoms with van der Waals surface area (Å²) in [6, 6.07) is 6.58. The van der Waals surface area contributed by atoms with Crippen molar-refractivity contribution in [1.29, 1.82) is 0 Å². The van der Waals surface area contributed by atoms with Crippen LogP contribution in [0.3, 0.4) is 0 Å². The molecule has 1 heterocycles. The number of carbonyl (C=O) groups is 2. The molecule has 1 saturated carbocycles. The molecular formula is C23H34FN3O2. The van der Waals surface area contributed by atoms with Gasteiger partial charge < -0.3 is 15.5 Å². The summed E-state index contributed by atoms with van der Waals surface area (Å²) in [6.07, 6.45) is 8.18. The van der Waals surface area contributed by atoms with Gasteiger partial charge in [-0.2, -0.15) is 0 Å². The summed E-state index contributed by atoms with van der Waals surface area (Å²) in [5.41, 5.74) is 0.890. The zero-order valence-electron chi connectivity index (χ0n) is 17.5. The predicted molar refractivity (Wildman–Crippen MR) is 112 cm³/mol. The number of amides is 3. The normalized spacial score (nSPS) is 22.9. The Morgan fingerprint density at radius 3 is 2.48 bits per heavy atom. The van der Waals surface area contributed by atoms with Gasteiger partial charge in [0.15, 0.2) is 0 Å². The van der Waals surface area contributed by atoms with Gasteiger partial charge in [0.25, 0.3) is 0 Å². The number of urea groups is 1. The van der Waals surface area contributed by atoms with Crippen molar-refractivity contribution in [2.45, 2.75) is 70.9 Å². The lowest BCUT2D eigenvalue weighted by atomic mass is 9.81. The third kappa shape index (κ3) is 6.44. The van der Waals surface area contributed by atoms with E-state index in [0.29, 0.717) is 37.4 Å². The second-order valence-electron chi connectivity index (χ2n) is 8.55. The van der Waals surface area contributed by atoms with Crippen LogP contribution in [-0.2, 0) is 11.3 Å². The molecule has 3 rings (SSSR count). The first-order valence-electron chi connectivity index (χ1n) is 11.1. The van der Waals surface area contributed by atoms with E-state index in [1.165, 1.54) is 31.4 Å². The van der Waals surface area contributed by atoms with Gasteiger partial charge in [-0.25, -0.2) is 9.18 Å². The van der Waals surface area contributed by atoms with E-state index >= 15 is 0 Å². The standard InChI is InChI=1S/C23H34FN3O2/c1-2-18-16-27(23(29)26-21-6-4-3-5-7-21)13-12-19(18)14-22(28)25-15-17-8-10-20(24)11-9-17/h8-11,18-19,21H,2-7,12-16H2,1H3,(H,25,28)(H,26,29). The van der Waals surface area contributed by atoms with Crippen LogP contribution in [0.25, 0.3) is 0 Å². The van der Waals surface area contributed by atoms with Crippen LogP contribution < -0.4 is 10.6 Å². The first-order valence-corrected chi connectivity index (χ1v) is 11.1. The van der Waals surface area contributed by atoms with Crippen LogP contribution in [0, 0.1) is 17.7 Å². The van der Waals surface area contributed by atoms with Gasteiger partial charge in [0.05, 0.1) is 0 Å². The summed E-state index contributed by atoms with van der Waals surface area (Å²) < 4.78 is 13.0. The quantitative estimate of drug-likeness (QED) is 0.747. The second kappa shape index (κ2) is 10.6. The van der Waals surface area contributed by atoms with Crippen LogP contribution in [0.1, 0.15) is 63.9 Å². The van der Waals surface area contributed by atoms with Crippen molar-refractivity contribution in [2.75, 3.05) is 13.1 Å². The van der Waals surface area contributed by atoms with E-state index in [2.05, 4.69) is 17.6 Å². The Kier molecular flexibility index (Phi) is 7.90. The molecule has 160 valence electrons. The minimum absolute atomic E-state index is 0.0258. The second-order valence-corrected chi connectivity index (χ2v) is 8.55. The van der Waals surface area contributed by atoms with Crippen molar-refractivity contribution < 1.29 is 14.0 Å². The maximum atomic E-state index is 13.0. The molecule has 0 bridgehead atoms. The molecular weight excluding hydrogens is 369 g/mol. The highest BCUT2D eigenvalue weighted by Gasteiger charge is 2.32. The number of nitrogens with one attached hydrogen (secondary N) is 2. The fourth-order valence-electron chi connectivity index (χ4n) is 4.62. The number of hydrogen-bond acceptors (Lipinski definition) is 2. The molecule has 1 aromatic rings. The van der Waals surface area contributed by atoms with E-state index in [4.69, 9.17) is 0 Å². The van der Waals surface area contributed by atoms with Gasteiger partial charge >= 0.3 is 6.03 Å². The molecule has 1 aliphatic heterocycles. The third-order valence-corrected chi connectivity index (χ3v) is 6.49. The van der Waals surface area contributed by atoms with E-state index in [-0.39, 0.29) is 17.8 Å². The number of hydrogen-bond donors (Lipinski definition) is 2. The van der Waals surface area contributed by atoms with Gasteiger partial charge in [-0.1, -0.05) is 44.7 Å². The van der Waals surface area contributed by atoms with E-state index in [9.17, 15) is 14.0 Å². The lowest BCUT2D eigenvalue weighted by Gasteiger charge is -2.39. The van der Waals surface area contributed by atoms with Crippen LogP contribution in [0.5, 0.6) is 0 Å². The summed E-state index contributed by atoms with van der Waals surface area (Å²) in [5.74, 6) is 0.396. The molecule has 1 aliphatic carbocycles. The molecule has 2 fully saturated rings. The predicted octanol–water partition coefficient (Wildman–Crippen LogP) is 4.22. The number of rotatable bonds is 6. The summed E-state index contributed by atoms with van der Waals surface area (Å²) in [7, 11) is 0. The highest BCUT2D eigenvalue weighted by atomic mass is 19.1. The number of halogens is 1. The molecule has 0 spiro atoms. The summed E-state index contributed by atoms with van der Waals surface area (Å²) in [5, 5.41) is 6.16. The molecule has 6 heteroatoms. The fourth-order valence-corrected chi connectivity index (χ4v) is 4.62. The first kappa shape index (κ1) is 21.6. The molecule has 0 aromatic heterocycles. The lowest BCUT2D eigenvalue weighted by molar-refractivity contribution is -0.123. The van der Waals surface area contributed by atoms with E-state index in [1.807, 2.05) is 4.90 Å². The van der Waals surface area contributed by atoms with Gasteiger partial charge in [0.2, 0.25) is 5.91 Å². The number of nitrogens with zero attached hydrogens (tertiary/aromatic N) is 1. The first-order chi connectivity index (χ1) is 14.0. The number of likely N-dealkylation sites (tertiary alicyclic amines) is 1. The SMILES string of the molecule is CCC1CN(C(=O)NC2CCCCC2)CCC1CC(=O)NCc1ccc(F)cc1. The third-order valence-electron chi connectivity index (χ3n) is 6.49. The minimum Gasteiger partial charge on any atom is -0.352 e. The average molecular weight is 404 g/mol. The zero-order valence-corrected chi connectivity index (χ0v) is 17.5. The largest absolute Gasteiger partial charge is 0.352 e. The van der Waals surface area contributed by atoms with Crippen LogP contribution in [0.4, 0.5) is 9.18 Å². The topological polar surface area (TPSA) is 61.4 Å². The monoisotopic (exact) mass is 403 g/mol. The van der Waals surface area contributed by atoms with Gasteiger partial charge in [-0.15, -0.1) is 0 Å². The molecule has 29 heavy (non-hydrogen) atoms. The van der Waals surface area contributed by atoms with Crippen LogP contribution in [-0.4, -0.2) is 36.0 Å². The van der Waals surface area contributed by atoms with Gasteiger partial charge in [0.1, 0.15) is 5.82 Å². The molecule has 2 aliphatic rings. The Hall–Kier alpha value is -2.11. The molecule has 3 amide bonds. The summed E-state index contributed by atoms with van der Waals surface area (Å²) in [6.45, 7) is 3.99. The van der Waals surface area contributed by atoms with E-state index in [0.717, 1.165) is 37.8 Å². The highest BCUT2D eigenvalue weighted by Crippen LogP contribution is 2.29. The fraction of sp³-hybridized carbons (Fsp3) is 0.652. The van der Waals surface area contributed by atoms with Crippen molar-refractivity contribution in [3.63, 3.8) is 0 Å². The lowest BCUT2D eigenvalue weighted by Crippen LogP contribution is -2.51. The maximum absolute atomic E-state index is 13.0. The molecule has 1 aromatic carbocycles. The highest BCUT2D eigenvalue weighted by molar-refractivity contribution is 5.76. The van der Waals surface area contributed by atoms with Crippen LogP contribution in [0.2, 0.25) is 0 Å². The van der Waals surface area contributed by atoms with Crippen molar-refractivity contribution in [1.82, 2.24) is 15.5 Å². The summed E-state index contributed by atoms with van der Waals surface area (Å²) >= 11 is 0. The van der Waals surface area contributed by atoms with Crippen molar-refractivity contribution in [3.05, 3.63) is 35.6 Å². The van der Waals surface area contributed by atoms with Crippen LogP contribution in [0.15, 0.2) is 24.3 Å². The summed E-state index contributed by atoms with van der Waals surface area (Å²) in [4.78, 5) is 27.0. The van der Waals surface area contributed by atoms with E-state index in [1.54, 1.807) is 12.1 Å². The zero-order chi connectivity index (χ0) is 20.6. The molecule has 2 atom stereocenters. The number of piperidine rings is 1. The Labute approximate surface area is 173 Å². The Morgan fingerprint density at radius 2 is 1.79 bits per heavy atom. The molecule has 1 saturated heterocycles. The van der Waals surface area contributed by atoms with E-state index < -0.39 is 0 Å². The Bertz CT molecular complexity index is 673. The van der Waals surface area contributed by atoms with Gasteiger partial charge in [-0.05, 0) is 48.8 Å². The minimum atomic E-state index is -0.273. The maximum Gasteiger partial charge on any atom is 0.317 e. The van der Waals surface area contributed by atoms with Gasteiger partial charge in [0, 0.05) is 32.1 Å². The molecule has 0 radical (unpaired) electrons. The average Bonchev–Trinajstić information content (AvgIpc) is 2.74. The van der Waals surface area contributed by atoms with Crippen molar-refractivity contribution in [2.24, 2.45) is 11.8 Å². The van der Waals surface area contributed by atoms with Crippen molar-refractivity contribution in [3.8, 4) is 0 Å². The Morgan fingerprint density at radius 1 is 1.07 bits per heavy atom. The number of benzene rings is 1. The Balaban J connectivity index is 1.44.